The van der Waals surface area contributed by atoms with Gasteiger partial charge in [0.2, 0.25) is 0 Å². The summed E-state index contributed by atoms with van der Waals surface area (Å²) in [5.74, 6) is 4.28. The first-order valence-electron chi connectivity index (χ1n) is 3.53. The van der Waals surface area contributed by atoms with E-state index in [1.807, 2.05) is 0 Å². The molecule has 0 spiro atoms. The lowest BCUT2D eigenvalue weighted by Crippen LogP contribution is -2.03. The summed E-state index contributed by atoms with van der Waals surface area (Å²) in [6, 6.07) is 3.85. The van der Waals surface area contributed by atoms with E-state index < -0.39 is 5.82 Å². The summed E-state index contributed by atoms with van der Waals surface area (Å²) in [5.41, 5.74) is 0.627. The second-order valence-corrected chi connectivity index (χ2v) is 2.39. The fourth-order valence-electron chi connectivity index (χ4n) is 0.917. The van der Waals surface area contributed by atoms with E-state index in [0.29, 0.717) is 18.6 Å². The van der Waals surface area contributed by atoms with Crippen LogP contribution in [0.4, 0.5) is 4.39 Å². The van der Waals surface area contributed by atoms with Gasteiger partial charge in [-0.2, -0.15) is 0 Å². The fourth-order valence-corrected chi connectivity index (χ4v) is 0.917. The molecule has 0 heterocycles. The molecule has 0 saturated carbocycles. The number of nitrogens with two attached hydrogens (primary N) is 1. The zero-order chi connectivity index (χ0) is 8.97. The van der Waals surface area contributed by atoms with Gasteiger partial charge in [-0.15, -0.1) is 0 Å². The molecule has 0 saturated heterocycles. The lowest BCUT2D eigenvalue weighted by Gasteiger charge is -2.02. The first-order chi connectivity index (χ1) is 5.74. The largest absolute Gasteiger partial charge is 0.508 e. The average Bonchev–Trinajstić information content (AvgIpc) is 2.03. The number of benzene rings is 1. The summed E-state index contributed by atoms with van der Waals surface area (Å²) < 4.78 is 12.5. The van der Waals surface area contributed by atoms with Crippen molar-refractivity contribution in [3.05, 3.63) is 29.6 Å². The highest BCUT2D eigenvalue weighted by molar-refractivity contribution is 5.32. The Kier molecular flexibility index (Phi) is 3.01. The van der Waals surface area contributed by atoms with Crippen molar-refractivity contribution >= 4 is 0 Å². The molecule has 0 unspecified atom stereocenters. The van der Waals surface area contributed by atoms with E-state index in [1.165, 1.54) is 12.1 Å². The molecule has 0 aromatic heterocycles. The maximum absolute atomic E-state index is 12.5. The van der Waals surface area contributed by atoms with E-state index in [1.54, 1.807) is 0 Å². The first kappa shape index (κ1) is 8.96. The van der Waals surface area contributed by atoms with Gasteiger partial charge in [0.25, 0.3) is 0 Å². The number of phenols is 1. The summed E-state index contributed by atoms with van der Waals surface area (Å²) in [6.07, 6.45) is 0.475. The van der Waals surface area contributed by atoms with Crippen LogP contribution in [0, 0.1) is 5.82 Å². The molecule has 0 bridgehead atoms. The van der Waals surface area contributed by atoms with E-state index in [-0.39, 0.29) is 5.75 Å². The van der Waals surface area contributed by atoms with Gasteiger partial charge in [0.05, 0.1) is 6.61 Å². The molecule has 0 atom stereocenters. The predicted molar refractivity (Wildman–Crippen MR) is 41.9 cm³/mol. The van der Waals surface area contributed by atoms with Gasteiger partial charge in [-0.1, -0.05) is 6.07 Å². The number of rotatable bonds is 3. The van der Waals surface area contributed by atoms with Crippen molar-refractivity contribution in [2.24, 2.45) is 5.90 Å². The molecule has 0 fully saturated rings. The maximum Gasteiger partial charge on any atom is 0.126 e. The smallest absolute Gasteiger partial charge is 0.126 e. The normalized spacial score (nSPS) is 10.2. The van der Waals surface area contributed by atoms with Crippen LogP contribution in [-0.4, -0.2) is 11.7 Å². The van der Waals surface area contributed by atoms with E-state index >= 15 is 0 Å². The third-order valence-electron chi connectivity index (χ3n) is 1.54. The Morgan fingerprint density at radius 3 is 2.83 bits per heavy atom. The van der Waals surface area contributed by atoms with Gasteiger partial charge in [0.15, 0.2) is 0 Å². The Balaban J connectivity index is 2.72. The van der Waals surface area contributed by atoms with Gasteiger partial charge in [-0.3, -0.25) is 0 Å². The van der Waals surface area contributed by atoms with Gasteiger partial charge < -0.3 is 9.94 Å². The molecule has 0 aliphatic carbocycles. The number of phenolic OH excluding ortho intramolecular Hbond substituents is 1. The number of halogens is 1. The zero-order valence-electron chi connectivity index (χ0n) is 6.46. The minimum atomic E-state index is -0.454. The van der Waals surface area contributed by atoms with Gasteiger partial charge >= 0.3 is 0 Å². The summed E-state index contributed by atoms with van der Waals surface area (Å²) in [6.45, 7) is 0.305. The monoisotopic (exact) mass is 171 g/mol. The first-order valence-corrected chi connectivity index (χ1v) is 3.53. The van der Waals surface area contributed by atoms with E-state index in [2.05, 4.69) is 4.84 Å². The van der Waals surface area contributed by atoms with Crippen LogP contribution in [-0.2, 0) is 11.3 Å². The Morgan fingerprint density at radius 2 is 2.25 bits per heavy atom. The second-order valence-electron chi connectivity index (χ2n) is 2.39. The van der Waals surface area contributed by atoms with Crippen molar-refractivity contribution in [2.75, 3.05) is 6.61 Å². The Hall–Kier alpha value is -1.13. The van der Waals surface area contributed by atoms with Crippen molar-refractivity contribution in [3.63, 3.8) is 0 Å². The fraction of sp³-hybridized carbons (Fsp3) is 0.250. The minimum Gasteiger partial charge on any atom is -0.508 e. The quantitative estimate of drug-likeness (QED) is 0.666. The summed E-state index contributed by atoms with van der Waals surface area (Å²) in [7, 11) is 0. The average molecular weight is 171 g/mol. The molecular formula is C8H10FNO2. The maximum atomic E-state index is 12.5. The lowest BCUT2D eigenvalue weighted by atomic mass is 10.1. The highest BCUT2D eigenvalue weighted by Gasteiger charge is 2.01. The highest BCUT2D eigenvalue weighted by atomic mass is 19.1. The van der Waals surface area contributed by atoms with Crippen LogP contribution in [0.25, 0.3) is 0 Å². The molecule has 0 aliphatic heterocycles. The Bertz CT molecular complexity index is 265. The van der Waals surface area contributed by atoms with Crippen LogP contribution in [0.2, 0.25) is 0 Å². The molecule has 1 rings (SSSR count). The summed E-state index contributed by atoms with van der Waals surface area (Å²) in [4.78, 5) is 4.33. The van der Waals surface area contributed by atoms with Gasteiger partial charge in [-0.05, 0) is 11.6 Å². The summed E-state index contributed by atoms with van der Waals surface area (Å²) >= 11 is 0. The third kappa shape index (κ3) is 2.18. The Morgan fingerprint density at radius 1 is 1.50 bits per heavy atom. The highest BCUT2D eigenvalue weighted by Crippen LogP contribution is 2.18. The Labute approximate surface area is 69.5 Å². The molecule has 4 heteroatoms. The van der Waals surface area contributed by atoms with Crippen molar-refractivity contribution in [1.29, 1.82) is 0 Å². The summed E-state index contributed by atoms with van der Waals surface area (Å²) in [5, 5.41) is 9.18. The molecule has 1 aromatic carbocycles. The number of hydrogen-bond donors (Lipinski definition) is 2. The molecule has 0 aliphatic rings. The number of hydrogen-bond acceptors (Lipinski definition) is 3. The number of aromatic hydroxyl groups is 1. The molecular weight excluding hydrogens is 161 g/mol. The van der Waals surface area contributed by atoms with Crippen molar-refractivity contribution in [2.45, 2.75) is 6.42 Å². The van der Waals surface area contributed by atoms with Crippen LogP contribution in [0.3, 0.4) is 0 Å². The van der Waals surface area contributed by atoms with E-state index in [9.17, 15) is 9.50 Å². The zero-order valence-corrected chi connectivity index (χ0v) is 6.46. The second kappa shape index (κ2) is 4.04. The van der Waals surface area contributed by atoms with Crippen LogP contribution in [0.5, 0.6) is 5.75 Å². The molecule has 12 heavy (non-hydrogen) atoms. The van der Waals surface area contributed by atoms with Gasteiger partial charge in [0, 0.05) is 12.5 Å². The van der Waals surface area contributed by atoms with Gasteiger partial charge in [-0.25, -0.2) is 10.3 Å². The third-order valence-corrected chi connectivity index (χ3v) is 1.54. The van der Waals surface area contributed by atoms with E-state index in [0.717, 1.165) is 6.07 Å². The SMILES string of the molecule is NOCCc1ccc(F)cc1O. The van der Waals surface area contributed by atoms with Crippen LogP contribution >= 0.6 is 0 Å². The predicted octanol–water partition coefficient (Wildman–Crippen LogP) is 0.964. The van der Waals surface area contributed by atoms with Crippen LogP contribution in [0.1, 0.15) is 5.56 Å². The molecule has 0 amide bonds. The minimum absolute atomic E-state index is 0.0629. The molecule has 66 valence electrons. The van der Waals surface area contributed by atoms with Crippen LogP contribution < -0.4 is 5.90 Å². The van der Waals surface area contributed by atoms with Crippen molar-refractivity contribution < 1.29 is 14.3 Å². The van der Waals surface area contributed by atoms with Crippen molar-refractivity contribution in [3.8, 4) is 5.75 Å². The molecule has 3 N–H and O–H groups in total. The molecule has 3 nitrogen and oxygen atoms in total. The molecule has 1 aromatic rings. The standard InChI is InChI=1S/C8H10FNO2/c9-7-2-1-6(3-4-12-10)8(11)5-7/h1-2,5,11H,3-4,10H2. The van der Waals surface area contributed by atoms with Crippen LogP contribution in [0.15, 0.2) is 18.2 Å². The lowest BCUT2D eigenvalue weighted by molar-refractivity contribution is 0.140. The van der Waals surface area contributed by atoms with E-state index in [4.69, 9.17) is 5.90 Å². The molecule has 0 radical (unpaired) electrons. The topological polar surface area (TPSA) is 55.5 Å². The van der Waals surface area contributed by atoms with Gasteiger partial charge in [0.1, 0.15) is 11.6 Å². The van der Waals surface area contributed by atoms with Crippen molar-refractivity contribution in [1.82, 2.24) is 0 Å².